The fourth-order valence-corrected chi connectivity index (χ4v) is 3.33. The van der Waals surface area contributed by atoms with Gasteiger partial charge in [-0.3, -0.25) is 0 Å². The topological polar surface area (TPSA) is 50.4 Å². The molecule has 5 heteroatoms. The van der Waals surface area contributed by atoms with E-state index in [1.807, 2.05) is 19.1 Å². The van der Waals surface area contributed by atoms with Gasteiger partial charge in [-0.05, 0) is 68.6 Å². The molecule has 0 saturated carbocycles. The number of hydrogen-bond acceptors (Lipinski definition) is 2. The number of carboxylic acid groups (broad SMARTS) is 1. The van der Waals surface area contributed by atoms with Gasteiger partial charge in [-0.1, -0.05) is 0 Å². The van der Waals surface area contributed by atoms with Crippen LogP contribution in [-0.2, 0) is 0 Å². The van der Waals surface area contributed by atoms with Crippen LogP contribution in [0.15, 0.2) is 37.6 Å². The van der Waals surface area contributed by atoms with E-state index in [4.69, 9.17) is 9.52 Å². The highest BCUT2D eigenvalue weighted by molar-refractivity contribution is 9.11. The first-order valence-electron chi connectivity index (χ1n) is 4.78. The molecule has 1 aromatic heterocycles. The van der Waals surface area contributed by atoms with Crippen LogP contribution in [0.5, 0.6) is 0 Å². The van der Waals surface area contributed by atoms with Gasteiger partial charge in [-0.2, -0.15) is 0 Å². The van der Waals surface area contributed by atoms with E-state index in [0.717, 1.165) is 20.1 Å². The quantitative estimate of drug-likeness (QED) is 0.860. The van der Waals surface area contributed by atoms with Gasteiger partial charge in [0.1, 0.15) is 5.76 Å². The predicted octanol–water partition coefficient (Wildman–Crippen LogP) is 4.48. The Labute approximate surface area is 115 Å². The number of carboxylic acids is 1. The molecule has 17 heavy (non-hydrogen) atoms. The van der Waals surface area contributed by atoms with E-state index in [0.29, 0.717) is 5.76 Å². The molecule has 1 N–H and O–H groups in total. The van der Waals surface area contributed by atoms with Crippen LogP contribution in [0.2, 0.25) is 0 Å². The maximum Gasteiger partial charge on any atom is 0.371 e. The third-order valence-electron chi connectivity index (χ3n) is 2.25. The van der Waals surface area contributed by atoms with Crippen LogP contribution in [-0.4, -0.2) is 11.1 Å². The van der Waals surface area contributed by atoms with Crippen LogP contribution in [0.25, 0.3) is 11.3 Å². The van der Waals surface area contributed by atoms with Crippen LogP contribution in [0.1, 0.15) is 16.1 Å². The Bertz CT molecular complexity index is 564. The summed E-state index contributed by atoms with van der Waals surface area (Å²) in [6.07, 6.45) is 0. The SMILES string of the molecule is Cc1cc(Br)c(-c2ccc(C(=O)O)o2)c(Br)c1. The second-order valence-corrected chi connectivity index (χ2v) is 5.28. The molecule has 2 rings (SSSR count). The smallest absolute Gasteiger partial charge is 0.371 e. The van der Waals surface area contributed by atoms with E-state index >= 15 is 0 Å². The molecule has 0 aliphatic heterocycles. The first-order valence-corrected chi connectivity index (χ1v) is 6.37. The van der Waals surface area contributed by atoms with Crippen LogP contribution in [0, 0.1) is 6.92 Å². The number of carbonyl (C=O) groups is 1. The normalized spacial score (nSPS) is 10.5. The molecule has 0 aliphatic rings. The zero-order valence-electron chi connectivity index (χ0n) is 8.83. The highest BCUT2D eigenvalue weighted by Crippen LogP contribution is 2.37. The molecule has 0 atom stereocenters. The summed E-state index contributed by atoms with van der Waals surface area (Å²) in [7, 11) is 0. The number of rotatable bonds is 2. The van der Waals surface area contributed by atoms with Crippen molar-refractivity contribution in [3.63, 3.8) is 0 Å². The van der Waals surface area contributed by atoms with Gasteiger partial charge in [0, 0.05) is 14.5 Å². The summed E-state index contributed by atoms with van der Waals surface area (Å²) >= 11 is 6.89. The van der Waals surface area contributed by atoms with Crippen molar-refractivity contribution in [2.45, 2.75) is 6.92 Å². The van der Waals surface area contributed by atoms with Gasteiger partial charge >= 0.3 is 5.97 Å². The maximum absolute atomic E-state index is 10.8. The molecule has 2 aromatic rings. The van der Waals surface area contributed by atoms with Gasteiger partial charge in [0.05, 0.1) is 0 Å². The minimum Gasteiger partial charge on any atom is -0.475 e. The molecule has 0 aliphatic carbocycles. The first kappa shape index (κ1) is 12.4. The Morgan fingerprint density at radius 2 is 1.82 bits per heavy atom. The summed E-state index contributed by atoms with van der Waals surface area (Å²) < 4.78 is 6.99. The van der Waals surface area contributed by atoms with Gasteiger partial charge in [0.15, 0.2) is 0 Å². The van der Waals surface area contributed by atoms with Crippen molar-refractivity contribution in [3.8, 4) is 11.3 Å². The van der Waals surface area contributed by atoms with E-state index in [9.17, 15) is 4.79 Å². The van der Waals surface area contributed by atoms with Crippen molar-refractivity contribution >= 4 is 37.8 Å². The fourth-order valence-electron chi connectivity index (χ4n) is 1.52. The van der Waals surface area contributed by atoms with Crippen molar-refractivity contribution in [2.75, 3.05) is 0 Å². The molecule has 0 spiro atoms. The van der Waals surface area contributed by atoms with Crippen molar-refractivity contribution in [3.05, 3.63) is 44.5 Å². The number of benzene rings is 1. The Hall–Kier alpha value is -1.07. The molecule has 1 heterocycles. The summed E-state index contributed by atoms with van der Waals surface area (Å²) in [5.74, 6) is -0.629. The van der Waals surface area contributed by atoms with Crippen molar-refractivity contribution < 1.29 is 14.3 Å². The molecule has 1 aromatic carbocycles. The summed E-state index contributed by atoms with van der Waals surface area (Å²) in [6.45, 7) is 1.98. The van der Waals surface area contributed by atoms with E-state index in [2.05, 4.69) is 31.9 Å². The third kappa shape index (κ3) is 2.45. The summed E-state index contributed by atoms with van der Waals surface area (Å²) in [5, 5.41) is 8.81. The molecule has 0 saturated heterocycles. The molecular weight excluding hydrogens is 352 g/mol. The third-order valence-corrected chi connectivity index (χ3v) is 3.50. The van der Waals surface area contributed by atoms with Gasteiger partial charge < -0.3 is 9.52 Å². The van der Waals surface area contributed by atoms with Crippen LogP contribution in [0.4, 0.5) is 0 Å². The lowest BCUT2D eigenvalue weighted by molar-refractivity contribution is 0.0663. The molecule has 3 nitrogen and oxygen atoms in total. The molecular formula is C12H8Br2O3. The van der Waals surface area contributed by atoms with Crippen molar-refractivity contribution in [1.82, 2.24) is 0 Å². The summed E-state index contributed by atoms with van der Waals surface area (Å²) in [5.41, 5.74) is 1.90. The average Bonchev–Trinajstić information content (AvgIpc) is 2.65. The first-order chi connectivity index (χ1) is 7.99. The van der Waals surface area contributed by atoms with Crippen molar-refractivity contribution in [1.29, 1.82) is 0 Å². The molecule has 0 bridgehead atoms. The van der Waals surface area contributed by atoms with Crippen LogP contribution in [0.3, 0.4) is 0 Å². The lowest BCUT2D eigenvalue weighted by atomic mass is 10.1. The Kier molecular flexibility index (Phi) is 3.40. The number of hydrogen-bond donors (Lipinski definition) is 1. The Balaban J connectivity index is 2.56. The van der Waals surface area contributed by atoms with Crippen molar-refractivity contribution in [2.24, 2.45) is 0 Å². The number of aromatic carboxylic acids is 1. The highest BCUT2D eigenvalue weighted by Gasteiger charge is 2.15. The summed E-state index contributed by atoms with van der Waals surface area (Å²) in [4.78, 5) is 10.8. The molecule has 0 fully saturated rings. The minimum atomic E-state index is -1.07. The Morgan fingerprint density at radius 1 is 1.24 bits per heavy atom. The lowest BCUT2D eigenvalue weighted by Crippen LogP contribution is -1.91. The van der Waals surface area contributed by atoms with Gasteiger partial charge in [-0.15, -0.1) is 0 Å². The van der Waals surface area contributed by atoms with Crippen LogP contribution < -0.4 is 0 Å². The van der Waals surface area contributed by atoms with E-state index in [-0.39, 0.29) is 5.76 Å². The summed E-state index contributed by atoms with van der Waals surface area (Å²) in [6, 6.07) is 6.98. The Morgan fingerprint density at radius 3 is 2.29 bits per heavy atom. The lowest BCUT2D eigenvalue weighted by Gasteiger charge is -2.05. The van der Waals surface area contributed by atoms with Gasteiger partial charge in [0.2, 0.25) is 5.76 Å². The van der Waals surface area contributed by atoms with Gasteiger partial charge in [0.25, 0.3) is 0 Å². The minimum absolute atomic E-state index is 0.0700. The molecule has 0 radical (unpaired) electrons. The highest BCUT2D eigenvalue weighted by atomic mass is 79.9. The predicted molar refractivity (Wildman–Crippen MR) is 71.2 cm³/mol. The zero-order chi connectivity index (χ0) is 12.6. The molecule has 88 valence electrons. The van der Waals surface area contributed by atoms with E-state index < -0.39 is 5.97 Å². The number of furan rings is 1. The monoisotopic (exact) mass is 358 g/mol. The number of halogens is 2. The maximum atomic E-state index is 10.8. The second kappa shape index (κ2) is 4.66. The number of aryl methyl sites for hydroxylation is 1. The molecule has 0 amide bonds. The van der Waals surface area contributed by atoms with Gasteiger partial charge in [-0.25, -0.2) is 4.79 Å². The zero-order valence-corrected chi connectivity index (χ0v) is 12.0. The van der Waals surface area contributed by atoms with E-state index in [1.165, 1.54) is 6.07 Å². The van der Waals surface area contributed by atoms with E-state index in [1.54, 1.807) is 6.07 Å². The average molecular weight is 360 g/mol. The largest absolute Gasteiger partial charge is 0.475 e. The fraction of sp³-hybridized carbons (Fsp3) is 0.0833. The second-order valence-electron chi connectivity index (χ2n) is 3.57. The van der Waals surface area contributed by atoms with Crippen LogP contribution >= 0.6 is 31.9 Å². The standard InChI is InChI=1S/C12H8Br2O3/c1-6-4-7(13)11(8(14)5-6)9-2-3-10(17-9)12(15)16/h2-5H,1H3,(H,15,16). The molecule has 0 unspecified atom stereocenters.